The fourth-order valence-corrected chi connectivity index (χ4v) is 4.22. The maximum absolute atomic E-state index is 12.3. The Labute approximate surface area is 169 Å². The second kappa shape index (κ2) is 8.30. The number of carbonyl (C=O) groups is 1. The molecule has 3 rings (SSSR count). The molecule has 1 aliphatic heterocycles. The number of benzene rings is 1. The van der Waals surface area contributed by atoms with Crippen molar-refractivity contribution in [3.8, 4) is 0 Å². The van der Waals surface area contributed by atoms with Crippen LogP contribution in [0.15, 0.2) is 23.6 Å². The zero-order valence-corrected chi connectivity index (χ0v) is 17.7. The molecule has 1 saturated heterocycles. The molecule has 1 N–H and O–H groups in total. The lowest BCUT2D eigenvalue weighted by Crippen LogP contribution is -2.44. The van der Waals surface area contributed by atoms with Crippen molar-refractivity contribution in [1.29, 1.82) is 0 Å². The number of amides is 1. The van der Waals surface area contributed by atoms with Crippen LogP contribution in [0.25, 0.3) is 0 Å². The molecule has 0 aliphatic carbocycles. The van der Waals surface area contributed by atoms with E-state index < -0.39 is 0 Å². The summed E-state index contributed by atoms with van der Waals surface area (Å²) in [7, 11) is 0. The van der Waals surface area contributed by atoms with Gasteiger partial charge in [0, 0.05) is 34.1 Å². The number of morpholine rings is 1. The molecular weight excluding hydrogens is 473 g/mol. The summed E-state index contributed by atoms with van der Waals surface area (Å²) in [5, 5.41) is 6.10. The summed E-state index contributed by atoms with van der Waals surface area (Å²) in [5.74, 6) is -0.177. The van der Waals surface area contributed by atoms with Crippen LogP contribution in [0.2, 0.25) is 5.02 Å². The maximum atomic E-state index is 12.3. The summed E-state index contributed by atoms with van der Waals surface area (Å²) in [6.07, 6.45) is 0.461. The molecule has 0 radical (unpaired) electrons. The minimum atomic E-state index is -0.177. The predicted octanol–water partition coefficient (Wildman–Crippen LogP) is 4.26. The highest BCUT2D eigenvalue weighted by atomic mass is 127. The van der Waals surface area contributed by atoms with E-state index in [2.05, 4.69) is 51.6 Å². The van der Waals surface area contributed by atoms with Crippen molar-refractivity contribution in [2.75, 3.05) is 18.4 Å². The number of hydrogen-bond acceptors (Lipinski definition) is 5. The molecule has 5 nitrogen and oxygen atoms in total. The molecule has 2 aromatic rings. The van der Waals surface area contributed by atoms with E-state index in [4.69, 9.17) is 16.3 Å². The van der Waals surface area contributed by atoms with Crippen molar-refractivity contribution in [1.82, 2.24) is 9.88 Å². The number of anilines is 1. The summed E-state index contributed by atoms with van der Waals surface area (Å²) in [6.45, 7) is 6.73. The zero-order valence-electron chi connectivity index (χ0n) is 14.0. The van der Waals surface area contributed by atoms with E-state index in [9.17, 15) is 4.79 Å². The SMILES string of the molecule is CC1CN(Cc2csc(NC(=O)c3ccc(Cl)c(I)c3)n2)CC(C)O1. The van der Waals surface area contributed by atoms with Crippen LogP contribution in [0.4, 0.5) is 5.13 Å². The van der Waals surface area contributed by atoms with Crippen LogP contribution < -0.4 is 5.32 Å². The zero-order chi connectivity index (χ0) is 18.0. The Morgan fingerprint density at radius 2 is 2.16 bits per heavy atom. The van der Waals surface area contributed by atoms with Crippen LogP contribution in [0, 0.1) is 3.57 Å². The van der Waals surface area contributed by atoms with Gasteiger partial charge in [-0.15, -0.1) is 11.3 Å². The predicted molar refractivity (Wildman–Crippen MR) is 110 cm³/mol. The third-order valence-corrected chi connectivity index (χ3v) is 6.18. The second-order valence-electron chi connectivity index (χ2n) is 6.18. The number of nitrogens with one attached hydrogen (secondary N) is 1. The molecule has 1 aromatic carbocycles. The molecule has 0 bridgehead atoms. The van der Waals surface area contributed by atoms with Gasteiger partial charge in [-0.25, -0.2) is 4.98 Å². The van der Waals surface area contributed by atoms with E-state index in [1.807, 2.05) is 5.38 Å². The normalized spacial score (nSPS) is 21.3. The average Bonchev–Trinajstić information content (AvgIpc) is 2.95. The molecule has 1 aromatic heterocycles. The highest BCUT2D eigenvalue weighted by molar-refractivity contribution is 14.1. The molecule has 1 aliphatic rings. The summed E-state index contributed by atoms with van der Waals surface area (Å²) < 4.78 is 6.60. The number of aromatic nitrogens is 1. The molecule has 1 fully saturated rings. The monoisotopic (exact) mass is 491 g/mol. The first kappa shape index (κ1) is 19.0. The third kappa shape index (κ3) is 5.13. The van der Waals surface area contributed by atoms with Gasteiger partial charge in [-0.05, 0) is 54.6 Å². The van der Waals surface area contributed by atoms with Crippen molar-refractivity contribution in [2.45, 2.75) is 32.6 Å². The number of nitrogens with zero attached hydrogens (tertiary/aromatic N) is 2. The summed E-state index contributed by atoms with van der Waals surface area (Å²) in [5.41, 5.74) is 1.54. The lowest BCUT2D eigenvalue weighted by Gasteiger charge is -2.34. The highest BCUT2D eigenvalue weighted by Crippen LogP contribution is 2.22. The van der Waals surface area contributed by atoms with Gasteiger partial charge in [0.1, 0.15) is 0 Å². The van der Waals surface area contributed by atoms with Gasteiger partial charge in [-0.1, -0.05) is 11.6 Å². The molecule has 25 heavy (non-hydrogen) atoms. The van der Waals surface area contributed by atoms with Crippen molar-refractivity contribution in [3.05, 3.63) is 43.4 Å². The van der Waals surface area contributed by atoms with Crippen LogP contribution >= 0.6 is 45.5 Å². The quantitative estimate of drug-likeness (QED) is 0.649. The molecule has 0 spiro atoms. The summed E-state index contributed by atoms with van der Waals surface area (Å²) in [4.78, 5) is 19.2. The first-order chi connectivity index (χ1) is 11.9. The molecule has 8 heteroatoms. The van der Waals surface area contributed by atoms with Crippen molar-refractivity contribution >= 4 is 56.6 Å². The first-order valence-corrected chi connectivity index (χ1v) is 10.3. The second-order valence-corrected chi connectivity index (χ2v) is 8.61. The minimum Gasteiger partial charge on any atom is -0.373 e. The van der Waals surface area contributed by atoms with E-state index in [0.29, 0.717) is 15.7 Å². The van der Waals surface area contributed by atoms with E-state index >= 15 is 0 Å². The minimum absolute atomic E-state index is 0.177. The lowest BCUT2D eigenvalue weighted by molar-refractivity contribution is -0.0707. The Bertz CT molecular complexity index is 760. The largest absolute Gasteiger partial charge is 0.373 e. The summed E-state index contributed by atoms with van der Waals surface area (Å²) in [6, 6.07) is 5.21. The lowest BCUT2D eigenvalue weighted by atomic mass is 10.2. The van der Waals surface area contributed by atoms with Gasteiger partial charge >= 0.3 is 0 Å². The van der Waals surface area contributed by atoms with Crippen molar-refractivity contribution in [2.24, 2.45) is 0 Å². The number of halogens is 2. The van der Waals surface area contributed by atoms with Gasteiger partial charge in [-0.3, -0.25) is 15.0 Å². The molecule has 134 valence electrons. The van der Waals surface area contributed by atoms with E-state index in [0.717, 1.165) is 28.9 Å². The van der Waals surface area contributed by atoms with Crippen LogP contribution in [0.5, 0.6) is 0 Å². The topological polar surface area (TPSA) is 54.5 Å². The molecular formula is C17H19ClIN3O2S. The van der Waals surface area contributed by atoms with Crippen LogP contribution in [0.3, 0.4) is 0 Å². The molecule has 1 amide bonds. The maximum Gasteiger partial charge on any atom is 0.257 e. The Balaban J connectivity index is 1.61. The number of rotatable bonds is 4. The fourth-order valence-electron chi connectivity index (χ4n) is 2.89. The standard InChI is InChI=1S/C17H19ClIN3O2S/c1-10-6-22(7-11(2)24-10)8-13-9-25-17(20-13)21-16(23)12-3-4-14(18)15(19)5-12/h3-5,9-11H,6-8H2,1-2H3,(H,20,21,23). The van der Waals surface area contributed by atoms with Crippen LogP contribution in [-0.4, -0.2) is 41.1 Å². The van der Waals surface area contributed by atoms with E-state index in [-0.39, 0.29) is 18.1 Å². The van der Waals surface area contributed by atoms with E-state index in [1.165, 1.54) is 11.3 Å². The van der Waals surface area contributed by atoms with Crippen molar-refractivity contribution in [3.63, 3.8) is 0 Å². The average molecular weight is 492 g/mol. The van der Waals surface area contributed by atoms with Gasteiger partial charge in [0.2, 0.25) is 0 Å². The fraction of sp³-hybridized carbons (Fsp3) is 0.412. The molecule has 2 unspecified atom stereocenters. The smallest absolute Gasteiger partial charge is 0.257 e. The Hall–Kier alpha value is -0.740. The third-order valence-electron chi connectivity index (χ3n) is 3.83. The van der Waals surface area contributed by atoms with Gasteiger partial charge in [-0.2, -0.15) is 0 Å². The van der Waals surface area contributed by atoms with E-state index in [1.54, 1.807) is 18.2 Å². The van der Waals surface area contributed by atoms with Gasteiger partial charge in [0.15, 0.2) is 5.13 Å². The first-order valence-electron chi connectivity index (χ1n) is 7.99. The molecule has 2 atom stereocenters. The number of hydrogen-bond donors (Lipinski definition) is 1. The Morgan fingerprint density at radius 3 is 2.84 bits per heavy atom. The summed E-state index contributed by atoms with van der Waals surface area (Å²) >= 11 is 9.55. The molecule has 2 heterocycles. The van der Waals surface area contributed by atoms with Gasteiger partial charge in [0.05, 0.1) is 22.9 Å². The highest BCUT2D eigenvalue weighted by Gasteiger charge is 2.22. The van der Waals surface area contributed by atoms with Gasteiger partial charge < -0.3 is 4.74 Å². The van der Waals surface area contributed by atoms with Gasteiger partial charge in [0.25, 0.3) is 5.91 Å². The number of ether oxygens (including phenoxy) is 1. The number of thiazole rings is 1. The molecule has 0 saturated carbocycles. The Morgan fingerprint density at radius 1 is 1.44 bits per heavy atom. The number of carbonyl (C=O) groups excluding carboxylic acids is 1. The van der Waals surface area contributed by atoms with Crippen molar-refractivity contribution < 1.29 is 9.53 Å². The Kier molecular flexibility index (Phi) is 6.32. The van der Waals surface area contributed by atoms with Crippen LogP contribution in [-0.2, 0) is 11.3 Å². The van der Waals surface area contributed by atoms with Crippen LogP contribution in [0.1, 0.15) is 29.9 Å².